The molecule has 0 saturated heterocycles. The molecule has 3 rings (SSSR count). The van der Waals surface area contributed by atoms with Crippen LogP contribution in [0, 0.1) is 12.7 Å². The summed E-state index contributed by atoms with van der Waals surface area (Å²) >= 11 is 5.92. The molecule has 8 nitrogen and oxygen atoms in total. The molecule has 0 spiro atoms. The number of carbonyl (C=O) groups is 3. The molecule has 0 atom stereocenters. The molecule has 10 heteroatoms. The summed E-state index contributed by atoms with van der Waals surface area (Å²) in [6, 6.07) is 8.33. The Morgan fingerprint density at radius 1 is 1.03 bits per heavy atom. The Hall–Kier alpha value is -3.72. The number of rotatable bonds is 5. The second-order valence-electron chi connectivity index (χ2n) is 6.27. The molecule has 154 valence electrons. The fourth-order valence-corrected chi connectivity index (χ4v) is 2.95. The van der Waals surface area contributed by atoms with E-state index in [1.165, 1.54) is 19.4 Å². The third kappa shape index (κ3) is 4.47. The summed E-state index contributed by atoms with van der Waals surface area (Å²) < 4.78 is 13.2. The smallest absolute Gasteiger partial charge is 0.276 e. The molecule has 3 aromatic rings. The number of halogens is 2. The van der Waals surface area contributed by atoms with E-state index in [1.807, 2.05) is 0 Å². The lowest BCUT2D eigenvalue weighted by molar-refractivity contribution is 0.0943. The lowest BCUT2D eigenvalue weighted by atomic mass is 10.1. The summed E-state index contributed by atoms with van der Waals surface area (Å²) in [5.41, 5.74) is 1.73. The zero-order valence-corrected chi connectivity index (χ0v) is 16.7. The monoisotopic (exact) mass is 429 g/mol. The molecule has 0 unspecified atom stereocenters. The van der Waals surface area contributed by atoms with Crippen LogP contribution in [-0.2, 0) is 0 Å². The summed E-state index contributed by atoms with van der Waals surface area (Å²) in [5.74, 6) is -2.06. The van der Waals surface area contributed by atoms with Gasteiger partial charge in [-0.15, -0.1) is 0 Å². The van der Waals surface area contributed by atoms with Crippen molar-refractivity contribution in [2.75, 3.05) is 17.7 Å². The second-order valence-corrected chi connectivity index (χ2v) is 6.67. The summed E-state index contributed by atoms with van der Waals surface area (Å²) in [6.07, 6.45) is 1.25. The number of aryl methyl sites for hydroxylation is 1. The highest BCUT2D eigenvalue weighted by molar-refractivity contribution is 6.34. The number of hydrogen-bond donors (Lipinski definition) is 4. The molecule has 3 amide bonds. The highest BCUT2D eigenvalue weighted by atomic mass is 35.5. The van der Waals surface area contributed by atoms with E-state index in [-0.39, 0.29) is 22.0 Å². The molecule has 0 radical (unpaired) electrons. The topological polar surface area (TPSA) is 116 Å². The number of aromatic nitrogens is 2. The maximum atomic E-state index is 13.2. The normalized spacial score (nSPS) is 10.4. The summed E-state index contributed by atoms with van der Waals surface area (Å²) in [6.45, 7) is 1.74. The molecule has 0 aliphatic rings. The van der Waals surface area contributed by atoms with Gasteiger partial charge in [0.25, 0.3) is 17.7 Å². The maximum Gasteiger partial charge on any atom is 0.276 e. The third-order valence-electron chi connectivity index (χ3n) is 4.22. The van der Waals surface area contributed by atoms with E-state index in [9.17, 15) is 18.8 Å². The van der Waals surface area contributed by atoms with E-state index >= 15 is 0 Å². The van der Waals surface area contributed by atoms with Gasteiger partial charge in [0, 0.05) is 18.4 Å². The quantitative estimate of drug-likeness (QED) is 0.497. The van der Waals surface area contributed by atoms with Crippen LogP contribution < -0.4 is 16.0 Å². The Balaban J connectivity index is 1.74. The number of amides is 3. The van der Waals surface area contributed by atoms with Crippen LogP contribution in [0.5, 0.6) is 0 Å². The zero-order valence-electron chi connectivity index (χ0n) is 16.0. The summed E-state index contributed by atoms with van der Waals surface area (Å²) in [5, 5.41) is 7.77. The first-order valence-corrected chi connectivity index (χ1v) is 9.11. The van der Waals surface area contributed by atoms with E-state index in [2.05, 4.69) is 25.9 Å². The Labute approximate surface area is 175 Å². The largest absolute Gasteiger partial charge is 0.354 e. The highest BCUT2D eigenvalue weighted by Crippen LogP contribution is 2.23. The Morgan fingerprint density at radius 2 is 1.80 bits per heavy atom. The van der Waals surface area contributed by atoms with Gasteiger partial charge in [0.05, 0.1) is 16.9 Å². The van der Waals surface area contributed by atoms with E-state index in [0.717, 1.165) is 12.1 Å². The third-order valence-corrected chi connectivity index (χ3v) is 4.53. The van der Waals surface area contributed by atoms with Gasteiger partial charge in [-0.05, 0) is 48.9 Å². The fourth-order valence-electron chi connectivity index (χ4n) is 2.70. The van der Waals surface area contributed by atoms with Crippen LogP contribution in [0.1, 0.15) is 36.9 Å². The molecule has 2 aromatic carbocycles. The molecule has 0 aliphatic heterocycles. The van der Waals surface area contributed by atoms with Crippen LogP contribution in [0.15, 0.2) is 42.7 Å². The van der Waals surface area contributed by atoms with Crippen molar-refractivity contribution in [2.24, 2.45) is 0 Å². The minimum Gasteiger partial charge on any atom is -0.354 e. The molecule has 1 aromatic heterocycles. The number of H-pyrrole nitrogens is 1. The summed E-state index contributed by atoms with van der Waals surface area (Å²) in [4.78, 5) is 43.1. The van der Waals surface area contributed by atoms with Crippen molar-refractivity contribution in [3.63, 3.8) is 0 Å². The lowest BCUT2D eigenvalue weighted by Gasteiger charge is -2.12. The van der Waals surface area contributed by atoms with Crippen molar-refractivity contribution in [1.82, 2.24) is 15.3 Å². The molecule has 4 N–H and O–H groups in total. The first kappa shape index (κ1) is 21.0. The second kappa shape index (κ2) is 8.75. The number of aromatic amines is 1. The zero-order chi connectivity index (χ0) is 21.8. The number of hydrogen-bond acceptors (Lipinski definition) is 4. The van der Waals surface area contributed by atoms with Crippen LogP contribution >= 0.6 is 11.6 Å². The van der Waals surface area contributed by atoms with Crippen molar-refractivity contribution in [3.05, 3.63) is 76.1 Å². The van der Waals surface area contributed by atoms with Gasteiger partial charge in [0.1, 0.15) is 11.5 Å². The highest BCUT2D eigenvalue weighted by Gasteiger charge is 2.20. The Kier molecular flexibility index (Phi) is 6.12. The number of benzene rings is 2. The standard InChI is InChI=1S/C20H17ClFN5O3/c1-10-7-12(26-20(30)17-16(19(29)23-2)24-9-25-17)4-6-15(10)27-18(28)13-5-3-11(22)8-14(13)21/h3-9H,1-2H3,(H,23,29)(H,24,25)(H,26,30)(H,27,28). The Morgan fingerprint density at radius 3 is 2.47 bits per heavy atom. The van der Waals surface area contributed by atoms with Crippen LogP contribution in [0.4, 0.5) is 15.8 Å². The molecular formula is C20H17ClFN5O3. The number of nitrogens with zero attached hydrogens (tertiary/aromatic N) is 1. The molecular weight excluding hydrogens is 413 g/mol. The fraction of sp³-hybridized carbons (Fsp3) is 0.100. The van der Waals surface area contributed by atoms with Crippen LogP contribution in [0.25, 0.3) is 0 Å². The number of nitrogens with one attached hydrogen (secondary N) is 4. The van der Waals surface area contributed by atoms with Gasteiger partial charge in [-0.25, -0.2) is 9.37 Å². The van der Waals surface area contributed by atoms with E-state index in [1.54, 1.807) is 25.1 Å². The van der Waals surface area contributed by atoms with E-state index < -0.39 is 23.5 Å². The maximum absolute atomic E-state index is 13.2. The average molecular weight is 430 g/mol. The molecule has 0 bridgehead atoms. The van der Waals surface area contributed by atoms with Gasteiger partial charge in [0.15, 0.2) is 5.69 Å². The van der Waals surface area contributed by atoms with Gasteiger partial charge >= 0.3 is 0 Å². The van der Waals surface area contributed by atoms with Crippen LogP contribution in [0.3, 0.4) is 0 Å². The molecule has 1 heterocycles. The van der Waals surface area contributed by atoms with Crippen molar-refractivity contribution >= 4 is 40.7 Å². The van der Waals surface area contributed by atoms with Crippen LogP contribution in [0.2, 0.25) is 5.02 Å². The van der Waals surface area contributed by atoms with Crippen LogP contribution in [-0.4, -0.2) is 34.7 Å². The molecule has 0 fully saturated rings. The number of imidazole rings is 1. The summed E-state index contributed by atoms with van der Waals surface area (Å²) in [7, 11) is 1.44. The predicted molar refractivity (Wildman–Crippen MR) is 110 cm³/mol. The van der Waals surface area contributed by atoms with Crippen molar-refractivity contribution in [3.8, 4) is 0 Å². The van der Waals surface area contributed by atoms with E-state index in [4.69, 9.17) is 11.6 Å². The van der Waals surface area contributed by atoms with Gasteiger partial charge in [-0.3, -0.25) is 14.4 Å². The number of carbonyl (C=O) groups excluding carboxylic acids is 3. The minimum absolute atomic E-state index is 0.0000375. The van der Waals surface area contributed by atoms with Crippen molar-refractivity contribution in [2.45, 2.75) is 6.92 Å². The predicted octanol–water partition coefficient (Wildman–Crippen LogP) is 3.37. The van der Waals surface area contributed by atoms with Gasteiger partial charge in [0.2, 0.25) is 0 Å². The molecule has 0 saturated carbocycles. The van der Waals surface area contributed by atoms with Gasteiger partial charge in [-0.1, -0.05) is 11.6 Å². The van der Waals surface area contributed by atoms with Gasteiger partial charge < -0.3 is 20.9 Å². The first-order chi connectivity index (χ1) is 14.3. The van der Waals surface area contributed by atoms with E-state index in [0.29, 0.717) is 16.9 Å². The van der Waals surface area contributed by atoms with Gasteiger partial charge in [-0.2, -0.15) is 0 Å². The Bertz CT molecular complexity index is 1150. The number of anilines is 2. The first-order valence-electron chi connectivity index (χ1n) is 8.74. The van der Waals surface area contributed by atoms with Crippen molar-refractivity contribution < 1.29 is 18.8 Å². The molecule has 0 aliphatic carbocycles. The minimum atomic E-state index is -0.566. The SMILES string of the molecule is CNC(=O)c1[nH]cnc1C(=O)Nc1ccc(NC(=O)c2ccc(F)cc2Cl)c(C)c1. The average Bonchev–Trinajstić information content (AvgIpc) is 3.19. The van der Waals surface area contributed by atoms with Crippen molar-refractivity contribution in [1.29, 1.82) is 0 Å². The lowest BCUT2D eigenvalue weighted by Crippen LogP contribution is -2.23. The molecule has 30 heavy (non-hydrogen) atoms.